The van der Waals surface area contributed by atoms with Gasteiger partial charge in [0.25, 0.3) is 10.0 Å². The lowest BCUT2D eigenvalue weighted by Crippen LogP contribution is -2.24. The molecule has 0 atom stereocenters. The fraction of sp³-hybridized carbons (Fsp3) is 0.333. The molecule has 1 aliphatic carbocycles. The second-order valence-corrected chi connectivity index (χ2v) is 6.92. The Bertz CT molecular complexity index is 654. The van der Waals surface area contributed by atoms with Crippen LogP contribution < -0.4 is 10.5 Å². The molecule has 0 bridgehead atoms. The van der Waals surface area contributed by atoms with Crippen molar-refractivity contribution in [3.8, 4) is 0 Å². The molecule has 20 heavy (non-hydrogen) atoms. The average molecular weight is 292 g/mol. The van der Waals surface area contributed by atoms with Crippen LogP contribution in [0.5, 0.6) is 0 Å². The summed E-state index contributed by atoms with van der Waals surface area (Å²) < 4.78 is 26.9. The standard InChI is InChI=1S/C15H20N2O2S/c1-4-11(2)12(3)17-20(18,19)14-7-5-13(6-8-14)15(16)9-10-15/h4-8,17H,3,9-10,16H2,1-2H3/b11-4+. The molecule has 0 heterocycles. The molecule has 1 saturated carbocycles. The topological polar surface area (TPSA) is 72.2 Å². The predicted octanol–water partition coefficient (Wildman–Crippen LogP) is 2.39. The van der Waals surface area contributed by atoms with E-state index in [1.807, 2.05) is 6.92 Å². The Labute approximate surface area is 120 Å². The largest absolute Gasteiger partial charge is 0.321 e. The highest BCUT2D eigenvalue weighted by atomic mass is 32.2. The second-order valence-electron chi connectivity index (χ2n) is 5.24. The summed E-state index contributed by atoms with van der Waals surface area (Å²) >= 11 is 0. The Hall–Kier alpha value is -1.59. The highest BCUT2D eigenvalue weighted by Gasteiger charge is 2.39. The van der Waals surface area contributed by atoms with Gasteiger partial charge in [0.15, 0.2) is 0 Å². The van der Waals surface area contributed by atoms with Crippen LogP contribution in [0.3, 0.4) is 0 Å². The molecule has 1 aromatic rings. The number of sulfonamides is 1. The normalized spacial score (nSPS) is 17.6. The van der Waals surface area contributed by atoms with Crippen molar-refractivity contribution in [1.29, 1.82) is 0 Å². The minimum absolute atomic E-state index is 0.218. The number of nitrogens with one attached hydrogen (secondary N) is 1. The van der Waals surface area contributed by atoms with Crippen LogP contribution in [0, 0.1) is 0 Å². The zero-order valence-corrected chi connectivity index (χ0v) is 12.6. The van der Waals surface area contributed by atoms with Crippen molar-refractivity contribution in [2.75, 3.05) is 0 Å². The van der Waals surface area contributed by atoms with Crippen molar-refractivity contribution in [2.24, 2.45) is 5.73 Å². The summed E-state index contributed by atoms with van der Waals surface area (Å²) in [7, 11) is -3.59. The van der Waals surface area contributed by atoms with Gasteiger partial charge in [0.2, 0.25) is 0 Å². The molecule has 3 N–H and O–H groups in total. The fourth-order valence-electron chi connectivity index (χ4n) is 1.87. The highest BCUT2D eigenvalue weighted by Crippen LogP contribution is 2.42. The predicted molar refractivity (Wildman–Crippen MR) is 80.4 cm³/mol. The van der Waals surface area contributed by atoms with E-state index in [9.17, 15) is 8.42 Å². The van der Waals surface area contributed by atoms with E-state index < -0.39 is 10.0 Å². The SMILES string of the molecule is C=C(NS(=O)(=O)c1ccc(C2(N)CC2)cc1)/C(C)=C/C. The van der Waals surface area contributed by atoms with Gasteiger partial charge in [-0.15, -0.1) is 0 Å². The molecule has 0 amide bonds. The van der Waals surface area contributed by atoms with Crippen molar-refractivity contribution in [2.45, 2.75) is 37.1 Å². The molecule has 108 valence electrons. The van der Waals surface area contributed by atoms with Gasteiger partial charge in [-0.3, -0.25) is 4.72 Å². The van der Waals surface area contributed by atoms with Gasteiger partial charge in [0.05, 0.1) is 4.90 Å². The van der Waals surface area contributed by atoms with E-state index in [1.165, 1.54) is 0 Å². The van der Waals surface area contributed by atoms with Crippen LogP contribution in [0.1, 0.15) is 32.3 Å². The van der Waals surface area contributed by atoms with E-state index in [1.54, 1.807) is 37.3 Å². The summed E-state index contributed by atoms with van der Waals surface area (Å²) in [6.07, 6.45) is 3.71. The van der Waals surface area contributed by atoms with Crippen molar-refractivity contribution >= 4 is 10.0 Å². The first-order chi connectivity index (χ1) is 9.28. The van der Waals surface area contributed by atoms with E-state index in [4.69, 9.17) is 5.73 Å². The molecule has 2 rings (SSSR count). The maximum atomic E-state index is 12.2. The van der Waals surface area contributed by atoms with Gasteiger partial charge >= 0.3 is 0 Å². The first-order valence-corrected chi connectivity index (χ1v) is 8.01. The molecule has 0 saturated heterocycles. The minimum atomic E-state index is -3.59. The van der Waals surface area contributed by atoms with Crippen molar-refractivity contribution in [1.82, 2.24) is 4.72 Å². The summed E-state index contributed by atoms with van der Waals surface area (Å²) in [6, 6.07) is 6.74. The summed E-state index contributed by atoms with van der Waals surface area (Å²) in [5, 5.41) is 0. The molecule has 0 aromatic heterocycles. The maximum absolute atomic E-state index is 12.2. The average Bonchev–Trinajstić information content (AvgIpc) is 3.16. The third-order valence-electron chi connectivity index (χ3n) is 3.69. The maximum Gasteiger partial charge on any atom is 0.261 e. The van der Waals surface area contributed by atoms with Gasteiger partial charge < -0.3 is 5.73 Å². The van der Waals surface area contributed by atoms with Crippen molar-refractivity contribution < 1.29 is 8.42 Å². The third kappa shape index (κ3) is 2.94. The second kappa shape index (κ2) is 5.07. The molecule has 1 fully saturated rings. The van der Waals surface area contributed by atoms with Gasteiger partial charge in [0, 0.05) is 11.2 Å². The van der Waals surface area contributed by atoms with Crippen molar-refractivity contribution in [3.05, 3.63) is 53.8 Å². The lowest BCUT2D eigenvalue weighted by Gasteiger charge is -2.13. The minimum Gasteiger partial charge on any atom is -0.321 e. The first-order valence-electron chi connectivity index (χ1n) is 6.53. The molecular weight excluding hydrogens is 272 g/mol. The Morgan fingerprint density at radius 1 is 1.35 bits per heavy atom. The van der Waals surface area contributed by atoms with Gasteiger partial charge in [-0.2, -0.15) is 0 Å². The Morgan fingerprint density at radius 2 is 1.90 bits per heavy atom. The lowest BCUT2D eigenvalue weighted by atomic mass is 10.1. The number of benzene rings is 1. The van der Waals surface area contributed by atoms with E-state index in [0.29, 0.717) is 5.70 Å². The van der Waals surface area contributed by atoms with E-state index in [0.717, 1.165) is 24.0 Å². The van der Waals surface area contributed by atoms with E-state index in [2.05, 4.69) is 11.3 Å². The van der Waals surface area contributed by atoms with Gasteiger partial charge in [-0.1, -0.05) is 24.8 Å². The lowest BCUT2D eigenvalue weighted by molar-refractivity contribution is 0.589. The third-order valence-corrected chi connectivity index (χ3v) is 5.10. The fourth-order valence-corrected chi connectivity index (χ4v) is 2.96. The number of hydrogen-bond donors (Lipinski definition) is 2. The Kier molecular flexibility index (Phi) is 3.75. The molecule has 1 aromatic carbocycles. The van der Waals surface area contributed by atoms with Crippen LogP contribution in [0.2, 0.25) is 0 Å². The molecule has 1 aliphatic rings. The number of rotatable bonds is 5. The number of allylic oxidation sites excluding steroid dienone is 2. The quantitative estimate of drug-likeness (QED) is 0.818. The zero-order valence-electron chi connectivity index (χ0n) is 11.8. The molecule has 0 radical (unpaired) electrons. The van der Waals surface area contributed by atoms with Crippen LogP contribution in [-0.4, -0.2) is 8.42 Å². The van der Waals surface area contributed by atoms with Crippen LogP contribution in [-0.2, 0) is 15.6 Å². The van der Waals surface area contributed by atoms with Gasteiger partial charge in [-0.25, -0.2) is 8.42 Å². The molecule has 5 heteroatoms. The Balaban J connectivity index is 2.20. The van der Waals surface area contributed by atoms with Crippen LogP contribution >= 0.6 is 0 Å². The zero-order chi connectivity index (χ0) is 15.0. The molecule has 4 nitrogen and oxygen atoms in total. The molecular formula is C15H20N2O2S. The molecule has 0 unspecified atom stereocenters. The van der Waals surface area contributed by atoms with Gasteiger partial charge in [0.1, 0.15) is 0 Å². The Morgan fingerprint density at radius 3 is 2.35 bits per heavy atom. The van der Waals surface area contributed by atoms with E-state index >= 15 is 0 Å². The highest BCUT2D eigenvalue weighted by molar-refractivity contribution is 7.89. The molecule has 0 aliphatic heterocycles. The first kappa shape index (κ1) is 14.8. The summed E-state index contributed by atoms with van der Waals surface area (Å²) in [5.74, 6) is 0. The van der Waals surface area contributed by atoms with Crippen molar-refractivity contribution in [3.63, 3.8) is 0 Å². The van der Waals surface area contributed by atoms with E-state index in [-0.39, 0.29) is 10.4 Å². The smallest absolute Gasteiger partial charge is 0.261 e. The number of nitrogens with two attached hydrogens (primary N) is 1. The summed E-state index contributed by atoms with van der Waals surface area (Å²) in [5.41, 5.74) is 7.99. The molecule has 0 spiro atoms. The summed E-state index contributed by atoms with van der Waals surface area (Å²) in [4.78, 5) is 0.218. The summed E-state index contributed by atoms with van der Waals surface area (Å²) in [6.45, 7) is 7.36. The van der Waals surface area contributed by atoms with Crippen LogP contribution in [0.25, 0.3) is 0 Å². The van der Waals surface area contributed by atoms with Crippen LogP contribution in [0.4, 0.5) is 0 Å². The monoisotopic (exact) mass is 292 g/mol. The van der Waals surface area contributed by atoms with Crippen LogP contribution in [0.15, 0.2) is 53.1 Å². The number of hydrogen-bond acceptors (Lipinski definition) is 3. The van der Waals surface area contributed by atoms with Gasteiger partial charge in [-0.05, 0) is 50.0 Å².